The second-order valence-electron chi connectivity index (χ2n) is 3.66. The number of anilines is 1. The predicted octanol–water partition coefficient (Wildman–Crippen LogP) is 1.52. The van der Waals surface area contributed by atoms with Gasteiger partial charge < -0.3 is 15.2 Å². The van der Waals surface area contributed by atoms with Crippen LogP contribution in [0.1, 0.15) is 26.0 Å². The van der Waals surface area contributed by atoms with Gasteiger partial charge in [-0.2, -0.15) is 0 Å². The van der Waals surface area contributed by atoms with E-state index in [1.807, 2.05) is 0 Å². The second kappa shape index (κ2) is 6.95. The van der Waals surface area contributed by atoms with Crippen LogP contribution < -0.4 is 5.32 Å². The summed E-state index contributed by atoms with van der Waals surface area (Å²) in [4.78, 5) is 26.0. The molecule has 1 heterocycles. The largest absolute Gasteiger partial charge is 0.481 e. The highest BCUT2D eigenvalue weighted by molar-refractivity contribution is 7.13. The lowest BCUT2D eigenvalue weighted by Crippen LogP contribution is -2.28. The predicted molar refractivity (Wildman–Crippen MR) is 67.8 cm³/mol. The third-order valence-corrected chi connectivity index (χ3v) is 2.95. The molecule has 0 aliphatic rings. The molecule has 0 aliphatic carbocycles. The molecule has 0 fully saturated rings. The van der Waals surface area contributed by atoms with Crippen LogP contribution in [-0.2, 0) is 20.7 Å². The smallest absolute Gasteiger partial charge is 0.328 e. The molecule has 0 radical (unpaired) electrons. The van der Waals surface area contributed by atoms with Gasteiger partial charge in [0.05, 0.1) is 18.7 Å². The number of carbonyl (C=O) groups is 2. The molecule has 0 bridgehead atoms. The van der Waals surface area contributed by atoms with Gasteiger partial charge in [0.25, 0.3) is 0 Å². The SMILES string of the molecule is CCOC(=O)C(C)Nc1nc(CCC(=O)O)cs1. The average molecular weight is 272 g/mol. The fourth-order valence-corrected chi connectivity index (χ4v) is 2.07. The zero-order valence-electron chi connectivity index (χ0n) is 10.3. The maximum absolute atomic E-state index is 11.4. The molecule has 0 spiro atoms. The number of thiazole rings is 1. The van der Waals surface area contributed by atoms with Crippen molar-refractivity contribution < 1.29 is 19.4 Å². The topological polar surface area (TPSA) is 88.5 Å². The van der Waals surface area contributed by atoms with Gasteiger partial charge in [-0.1, -0.05) is 0 Å². The summed E-state index contributed by atoms with van der Waals surface area (Å²) in [5.74, 6) is -1.18. The van der Waals surface area contributed by atoms with Crippen LogP contribution in [0.4, 0.5) is 5.13 Å². The molecule has 100 valence electrons. The van der Waals surface area contributed by atoms with Crippen molar-refractivity contribution in [1.82, 2.24) is 4.98 Å². The number of hydrogen-bond donors (Lipinski definition) is 2. The first-order valence-corrected chi connectivity index (χ1v) is 6.50. The Hall–Kier alpha value is -1.63. The molecule has 1 rings (SSSR count). The van der Waals surface area contributed by atoms with Crippen LogP contribution in [0.15, 0.2) is 5.38 Å². The lowest BCUT2D eigenvalue weighted by atomic mass is 10.2. The number of hydrogen-bond acceptors (Lipinski definition) is 6. The minimum Gasteiger partial charge on any atom is -0.481 e. The van der Waals surface area contributed by atoms with Crippen LogP contribution in [0.5, 0.6) is 0 Å². The minimum absolute atomic E-state index is 0.0522. The number of aryl methyl sites for hydroxylation is 1. The number of aromatic nitrogens is 1. The van der Waals surface area contributed by atoms with Crippen LogP contribution in [-0.4, -0.2) is 34.7 Å². The van der Waals surface area contributed by atoms with Crippen LogP contribution >= 0.6 is 11.3 Å². The summed E-state index contributed by atoms with van der Waals surface area (Å²) in [6.45, 7) is 3.78. The minimum atomic E-state index is -0.850. The second-order valence-corrected chi connectivity index (χ2v) is 4.51. The van der Waals surface area contributed by atoms with Crippen LogP contribution in [0, 0.1) is 0 Å². The molecule has 1 unspecified atom stereocenters. The van der Waals surface area contributed by atoms with E-state index in [4.69, 9.17) is 9.84 Å². The Kier molecular flexibility index (Phi) is 5.57. The molecule has 0 amide bonds. The number of ether oxygens (including phenoxy) is 1. The first kappa shape index (κ1) is 14.4. The molecule has 1 aromatic heterocycles. The molecule has 7 heteroatoms. The molecule has 6 nitrogen and oxygen atoms in total. The summed E-state index contributed by atoms with van der Waals surface area (Å²) in [6, 6.07) is -0.469. The Morgan fingerprint density at radius 1 is 1.61 bits per heavy atom. The number of carboxylic acid groups (broad SMARTS) is 1. The molecule has 1 atom stereocenters. The van der Waals surface area contributed by atoms with Crippen LogP contribution in [0.3, 0.4) is 0 Å². The summed E-state index contributed by atoms with van der Waals surface area (Å²) in [5, 5.41) is 13.9. The zero-order valence-corrected chi connectivity index (χ0v) is 11.1. The highest BCUT2D eigenvalue weighted by Gasteiger charge is 2.15. The third-order valence-electron chi connectivity index (χ3n) is 2.13. The number of esters is 1. The van der Waals surface area contributed by atoms with Gasteiger partial charge in [-0.15, -0.1) is 11.3 Å². The van der Waals surface area contributed by atoms with E-state index in [-0.39, 0.29) is 12.4 Å². The summed E-state index contributed by atoms with van der Waals surface area (Å²) in [6.07, 6.45) is 0.442. The Labute approximate surface area is 109 Å². The summed E-state index contributed by atoms with van der Waals surface area (Å²) < 4.78 is 4.86. The van der Waals surface area contributed by atoms with E-state index in [1.54, 1.807) is 19.2 Å². The third kappa shape index (κ3) is 4.70. The monoisotopic (exact) mass is 272 g/mol. The lowest BCUT2D eigenvalue weighted by molar-refractivity contribution is -0.143. The normalized spacial score (nSPS) is 11.9. The van der Waals surface area contributed by atoms with Gasteiger partial charge in [0.2, 0.25) is 0 Å². The van der Waals surface area contributed by atoms with E-state index in [2.05, 4.69) is 10.3 Å². The van der Waals surface area contributed by atoms with Crippen molar-refractivity contribution in [2.75, 3.05) is 11.9 Å². The Balaban J connectivity index is 2.48. The zero-order chi connectivity index (χ0) is 13.5. The summed E-state index contributed by atoms with van der Waals surface area (Å²) in [7, 11) is 0. The number of aliphatic carboxylic acids is 1. The molecular weight excluding hydrogens is 256 g/mol. The highest BCUT2D eigenvalue weighted by atomic mass is 32.1. The van der Waals surface area contributed by atoms with Gasteiger partial charge in [0.15, 0.2) is 5.13 Å². The molecule has 1 aromatic rings. The molecular formula is C11H16N2O4S. The van der Waals surface area contributed by atoms with Gasteiger partial charge in [0, 0.05) is 11.8 Å². The van der Waals surface area contributed by atoms with Crippen molar-refractivity contribution in [1.29, 1.82) is 0 Å². The molecule has 0 aliphatic heterocycles. The number of carbonyl (C=O) groups excluding carboxylic acids is 1. The number of nitrogens with one attached hydrogen (secondary N) is 1. The van der Waals surface area contributed by atoms with Gasteiger partial charge in [-0.3, -0.25) is 4.79 Å². The standard InChI is InChI=1S/C11H16N2O4S/c1-3-17-10(16)7(2)12-11-13-8(6-18-11)4-5-9(14)15/h6-7H,3-5H2,1-2H3,(H,12,13)(H,14,15). The fraction of sp³-hybridized carbons (Fsp3) is 0.545. The quantitative estimate of drug-likeness (QED) is 0.732. The number of nitrogens with zero attached hydrogens (tertiary/aromatic N) is 1. The fourth-order valence-electron chi connectivity index (χ4n) is 1.23. The van der Waals surface area contributed by atoms with Crippen molar-refractivity contribution >= 4 is 28.4 Å². The van der Waals surface area contributed by atoms with Crippen molar-refractivity contribution in [2.24, 2.45) is 0 Å². The van der Waals surface area contributed by atoms with Crippen molar-refractivity contribution in [2.45, 2.75) is 32.7 Å². The van der Waals surface area contributed by atoms with E-state index in [9.17, 15) is 9.59 Å². The number of rotatable bonds is 7. The van der Waals surface area contributed by atoms with Gasteiger partial charge >= 0.3 is 11.9 Å². The average Bonchev–Trinajstić information content (AvgIpc) is 2.74. The molecule has 0 saturated heterocycles. The first-order chi connectivity index (χ1) is 8.52. The van der Waals surface area contributed by atoms with Crippen molar-refractivity contribution in [3.8, 4) is 0 Å². The maximum atomic E-state index is 11.4. The maximum Gasteiger partial charge on any atom is 0.328 e. The van der Waals surface area contributed by atoms with Crippen LogP contribution in [0.25, 0.3) is 0 Å². The molecule has 18 heavy (non-hydrogen) atoms. The Morgan fingerprint density at radius 3 is 2.94 bits per heavy atom. The summed E-state index contributed by atoms with van der Waals surface area (Å²) >= 11 is 1.34. The Morgan fingerprint density at radius 2 is 2.33 bits per heavy atom. The van der Waals surface area contributed by atoms with Crippen molar-refractivity contribution in [3.63, 3.8) is 0 Å². The molecule has 2 N–H and O–H groups in total. The van der Waals surface area contributed by atoms with E-state index < -0.39 is 12.0 Å². The van der Waals surface area contributed by atoms with Gasteiger partial charge in [-0.25, -0.2) is 9.78 Å². The molecule has 0 saturated carbocycles. The van der Waals surface area contributed by atoms with Crippen molar-refractivity contribution in [3.05, 3.63) is 11.1 Å². The van der Waals surface area contributed by atoms with Gasteiger partial charge in [-0.05, 0) is 13.8 Å². The van der Waals surface area contributed by atoms with E-state index >= 15 is 0 Å². The lowest BCUT2D eigenvalue weighted by Gasteiger charge is -2.10. The van der Waals surface area contributed by atoms with E-state index in [0.717, 1.165) is 0 Å². The highest BCUT2D eigenvalue weighted by Crippen LogP contribution is 2.17. The Bertz CT molecular complexity index is 419. The van der Waals surface area contributed by atoms with Crippen LogP contribution in [0.2, 0.25) is 0 Å². The van der Waals surface area contributed by atoms with E-state index in [1.165, 1.54) is 11.3 Å². The molecule has 0 aromatic carbocycles. The summed E-state index contributed by atoms with van der Waals surface area (Å²) in [5.41, 5.74) is 0.709. The van der Waals surface area contributed by atoms with E-state index in [0.29, 0.717) is 23.9 Å². The van der Waals surface area contributed by atoms with Gasteiger partial charge in [0.1, 0.15) is 6.04 Å². The number of carboxylic acids is 1. The first-order valence-electron chi connectivity index (χ1n) is 5.62.